The highest BCUT2D eigenvalue weighted by atomic mass is 32.1. The van der Waals surface area contributed by atoms with Gasteiger partial charge in [0.1, 0.15) is 5.71 Å². The summed E-state index contributed by atoms with van der Waals surface area (Å²) in [7, 11) is 0. The van der Waals surface area contributed by atoms with Crippen LogP contribution in [0.3, 0.4) is 0 Å². The van der Waals surface area contributed by atoms with Crippen LogP contribution in [0.1, 0.15) is 4.88 Å². The first-order valence-electron chi connectivity index (χ1n) is 3.46. The summed E-state index contributed by atoms with van der Waals surface area (Å²) in [5.41, 5.74) is 4.32. The van der Waals surface area contributed by atoms with E-state index in [2.05, 4.69) is 10.5 Å². The van der Waals surface area contributed by atoms with E-state index in [9.17, 15) is 10.1 Å². The molecule has 0 N–H and O–H groups in total. The molecule has 6 heteroatoms. The summed E-state index contributed by atoms with van der Waals surface area (Å²) < 4.78 is 0. The first-order valence-corrected chi connectivity index (χ1v) is 4.28. The van der Waals surface area contributed by atoms with Gasteiger partial charge in [-0.3, -0.25) is 10.1 Å². The van der Waals surface area contributed by atoms with Crippen molar-refractivity contribution in [2.24, 2.45) is 5.10 Å². The van der Waals surface area contributed by atoms with Crippen LogP contribution >= 0.6 is 11.3 Å². The monoisotopic (exact) mass is 194 g/mol. The lowest BCUT2D eigenvalue weighted by molar-refractivity contribution is -0.380. The summed E-state index contributed by atoms with van der Waals surface area (Å²) in [6.45, 7) is 0. The summed E-state index contributed by atoms with van der Waals surface area (Å²) in [5.74, 6) is 0. The molecule has 0 aliphatic carbocycles. The van der Waals surface area contributed by atoms with Crippen LogP contribution in [-0.2, 0) is 0 Å². The Morgan fingerprint density at radius 3 is 2.85 bits per heavy atom. The Kier molecular flexibility index (Phi) is 1.82. The van der Waals surface area contributed by atoms with Crippen molar-refractivity contribution in [2.75, 3.05) is 0 Å². The zero-order valence-corrected chi connectivity index (χ0v) is 7.19. The van der Waals surface area contributed by atoms with E-state index in [1.807, 2.05) is 0 Å². The molecular weight excluding hydrogens is 190 g/mol. The summed E-state index contributed by atoms with van der Waals surface area (Å²) in [6, 6.07) is 3.14. The van der Waals surface area contributed by atoms with Crippen molar-refractivity contribution < 1.29 is 4.92 Å². The molecule has 5 nitrogen and oxygen atoms in total. The smallest absolute Gasteiger partial charge is 0.258 e. The quantitative estimate of drug-likeness (QED) is 0.528. The molecule has 65 valence electrons. The molecule has 0 amide bonds. The van der Waals surface area contributed by atoms with Gasteiger partial charge >= 0.3 is 5.00 Å². The number of rotatable bonds is 2. The van der Waals surface area contributed by atoms with Crippen LogP contribution < -0.4 is 5.43 Å². The molecular formula is C7H4N3O2S. The number of nitro groups is 1. The maximum absolute atomic E-state index is 10.4. The molecule has 2 heterocycles. The van der Waals surface area contributed by atoms with E-state index < -0.39 is 4.92 Å². The Morgan fingerprint density at radius 2 is 2.31 bits per heavy atom. The van der Waals surface area contributed by atoms with Gasteiger partial charge in [-0.25, -0.2) is 0 Å². The van der Waals surface area contributed by atoms with E-state index in [0.717, 1.165) is 16.2 Å². The van der Waals surface area contributed by atoms with Crippen molar-refractivity contribution in [2.45, 2.75) is 0 Å². The first kappa shape index (κ1) is 7.93. The third kappa shape index (κ3) is 1.43. The highest BCUT2D eigenvalue weighted by Gasteiger charge is 2.13. The number of nitrogens with zero attached hydrogens (tertiary/aromatic N) is 3. The van der Waals surface area contributed by atoms with E-state index in [-0.39, 0.29) is 5.00 Å². The lowest BCUT2D eigenvalue weighted by atomic mass is 10.3. The van der Waals surface area contributed by atoms with Crippen LogP contribution in [0.15, 0.2) is 29.5 Å². The largest absolute Gasteiger partial charge is 0.324 e. The van der Waals surface area contributed by atoms with Crippen molar-refractivity contribution in [3.8, 4) is 0 Å². The zero-order chi connectivity index (χ0) is 9.26. The van der Waals surface area contributed by atoms with Crippen molar-refractivity contribution in [1.82, 2.24) is 5.43 Å². The van der Waals surface area contributed by atoms with E-state index in [0.29, 0.717) is 5.71 Å². The first-order chi connectivity index (χ1) is 6.27. The summed E-state index contributed by atoms with van der Waals surface area (Å²) in [6.07, 6.45) is 3.27. The molecule has 0 saturated heterocycles. The maximum atomic E-state index is 10.4. The standard InChI is InChI=1S/C7H4N3O2S/c11-10(12)7-2-1-6(13-7)5-3-4-8-9-5/h1-4H. The van der Waals surface area contributed by atoms with Crippen LogP contribution in [0.5, 0.6) is 0 Å². The Morgan fingerprint density at radius 1 is 1.46 bits per heavy atom. The normalized spacial score (nSPS) is 14.0. The molecule has 0 bridgehead atoms. The Bertz CT molecular complexity index is 408. The number of hydrogen-bond donors (Lipinski definition) is 0. The van der Waals surface area contributed by atoms with Crippen molar-refractivity contribution in [1.29, 1.82) is 0 Å². The molecule has 1 aromatic heterocycles. The molecule has 0 spiro atoms. The summed E-state index contributed by atoms with van der Waals surface area (Å²) in [4.78, 5) is 10.7. The summed E-state index contributed by atoms with van der Waals surface area (Å²) in [5, 5.41) is 14.3. The van der Waals surface area contributed by atoms with Gasteiger partial charge in [0.15, 0.2) is 0 Å². The van der Waals surface area contributed by atoms with Gasteiger partial charge in [-0.05, 0) is 12.1 Å². The molecule has 0 saturated carbocycles. The predicted octanol–water partition coefficient (Wildman–Crippen LogP) is 1.49. The second-order valence-corrected chi connectivity index (χ2v) is 3.37. The SMILES string of the molecule is O=[N+]([O-])c1ccc(C2=N[N]C=C2)s1. The van der Waals surface area contributed by atoms with Gasteiger partial charge in [-0.2, -0.15) is 5.43 Å². The number of thiophene rings is 1. The molecule has 1 radical (unpaired) electrons. The average Bonchev–Trinajstić information content (AvgIpc) is 2.75. The number of allylic oxidation sites excluding steroid dienone is 1. The molecule has 1 aromatic rings. The van der Waals surface area contributed by atoms with Crippen molar-refractivity contribution in [3.63, 3.8) is 0 Å². The third-order valence-electron chi connectivity index (χ3n) is 1.49. The fourth-order valence-corrected chi connectivity index (χ4v) is 1.71. The van der Waals surface area contributed by atoms with E-state index in [1.165, 1.54) is 6.07 Å². The molecule has 1 aliphatic rings. The average molecular weight is 194 g/mol. The van der Waals surface area contributed by atoms with Crippen LogP contribution in [-0.4, -0.2) is 10.6 Å². The van der Waals surface area contributed by atoms with Crippen LogP contribution in [0, 0.1) is 10.1 Å². The van der Waals surface area contributed by atoms with Gasteiger partial charge in [0, 0.05) is 6.07 Å². The van der Waals surface area contributed by atoms with Crippen molar-refractivity contribution >= 4 is 22.0 Å². The fraction of sp³-hybridized carbons (Fsp3) is 0. The van der Waals surface area contributed by atoms with E-state index in [1.54, 1.807) is 18.3 Å². The topological polar surface area (TPSA) is 69.6 Å². The minimum atomic E-state index is -0.412. The minimum absolute atomic E-state index is 0.123. The molecule has 13 heavy (non-hydrogen) atoms. The summed E-state index contributed by atoms with van der Waals surface area (Å²) >= 11 is 1.10. The van der Waals surface area contributed by atoms with E-state index in [4.69, 9.17) is 0 Å². The second kappa shape index (κ2) is 2.98. The van der Waals surface area contributed by atoms with Crippen LogP contribution in [0.4, 0.5) is 5.00 Å². The maximum Gasteiger partial charge on any atom is 0.324 e. The molecule has 0 aromatic carbocycles. The van der Waals surface area contributed by atoms with Crippen molar-refractivity contribution in [3.05, 3.63) is 39.4 Å². The molecule has 0 atom stereocenters. The minimum Gasteiger partial charge on any atom is -0.258 e. The highest BCUT2D eigenvalue weighted by molar-refractivity contribution is 7.17. The lowest BCUT2D eigenvalue weighted by Gasteiger charge is -1.86. The second-order valence-electron chi connectivity index (χ2n) is 2.31. The van der Waals surface area contributed by atoms with Gasteiger partial charge in [0.25, 0.3) is 0 Å². The van der Waals surface area contributed by atoms with E-state index >= 15 is 0 Å². The highest BCUT2D eigenvalue weighted by Crippen LogP contribution is 2.25. The Balaban J connectivity index is 2.32. The van der Waals surface area contributed by atoms with Crippen LogP contribution in [0.25, 0.3) is 0 Å². The van der Waals surface area contributed by atoms with Gasteiger partial charge in [-0.1, -0.05) is 11.3 Å². The predicted molar refractivity (Wildman–Crippen MR) is 48.8 cm³/mol. The molecule has 1 aliphatic heterocycles. The number of hydrogen-bond acceptors (Lipinski definition) is 4. The molecule has 0 unspecified atom stereocenters. The van der Waals surface area contributed by atoms with Crippen LogP contribution in [0.2, 0.25) is 0 Å². The molecule has 2 rings (SSSR count). The lowest BCUT2D eigenvalue weighted by Crippen LogP contribution is -1.88. The fourth-order valence-electron chi connectivity index (χ4n) is 0.928. The van der Waals surface area contributed by atoms with Gasteiger partial charge in [-0.15, -0.1) is 5.10 Å². The Labute approximate surface area is 77.5 Å². The third-order valence-corrected chi connectivity index (χ3v) is 2.55. The molecule has 0 fully saturated rings. The zero-order valence-electron chi connectivity index (χ0n) is 6.38. The van der Waals surface area contributed by atoms with Gasteiger partial charge in [0.2, 0.25) is 0 Å². The Hall–Kier alpha value is -1.69. The van der Waals surface area contributed by atoms with Gasteiger partial charge in [0.05, 0.1) is 16.0 Å². The van der Waals surface area contributed by atoms with Gasteiger partial charge < -0.3 is 0 Å².